The van der Waals surface area contributed by atoms with Crippen LogP contribution in [0.1, 0.15) is 31.4 Å². The zero-order chi connectivity index (χ0) is 14.0. The maximum atomic E-state index is 10.9. The predicted octanol–water partition coefficient (Wildman–Crippen LogP) is 2.01. The molecule has 0 saturated heterocycles. The van der Waals surface area contributed by atoms with Crippen LogP contribution in [0.2, 0.25) is 0 Å². The van der Waals surface area contributed by atoms with Crippen LogP contribution in [0.15, 0.2) is 18.2 Å². The molecule has 2 rings (SSSR count). The molecule has 1 aliphatic rings. The van der Waals surface area contributed by atoms with E-state index in [9.17, 15) is 9.90 Å². The van der Waals surface area contributed by atoms with Crippen molar-refractivity contribution in [2.45, 2.75) is 31.8 Å². The average molecular weight is 265 g/mol. The highest BCUT2D eigenvalue weighted by Gasteiger charge is 2.34. The Morgan fingerprint density at radius 3 is 2.74 bits per heavy atom. The second-order valence-corrected chi connectivity index (χ2v) is 4.90. The first kappa shape index (κ1) is 13.7. The molecule has 2 N–H and O–H groups in total. The first-order valence-corrected chi connectivity index (χ1v) is 6.37. The molecule has 0 bridgehead atoms. The number of benzene rings is 1. The normalized spacial score (nSPS) is 16.4. The fourth-order valence-corrected chi connectivity index (χ4v) is 2.29. The van der Waals surface area contributed by atoms with Crippen molar-refractivity contribution in [3.8, 4) is 11.5 Å². The molecule has 19 heavy (non-hydrogen) atoms. The van der Waals surface area contributed by atoms with E-state index in [0.717, 1.165) is 18.4 Å². The standard InChI is InChI=1S/C14H19NO4/c1-9(15(8-14(17)18)11-4-5-11)10-3-6-12(16)13(7-10)19-2/h3,6-7,9,11,16H,4-5,8H2,1-2H3,(H,17,18). The van der Waals surface area contributed by atoms with Crippen molar-refractivity contribution in [1.82, 2.24) is 4.90 Å². The van der Waals surface area contributed by atoms with Gasteiger partial charge in [0.05, 0.1) is 13.7 Å². The first-order valence-electron chi connectivity index (χ1n) is 6.37. The average Bonchev–Trinajstić information content (AvgIpc) is 3.20. The Labute approximate surface area is 112 Å². The van der Waals surface area contributed by atoms with Gasteiger partial charge in [-0.25, -0.2) is 0 Å². The van der Waals surface area contributed by atoms with E-state index in [4.69, 9.17) is 9.84 Å². The van der Waals surface area contributed by atoms with Crippen LogP contribution in [0.3, 0.4) is 0 Å². The number of carboxylic acids is 1. The summed E-state index contributed by atoms with van der Waals surface area (Å²) in [5.74, 6) is -0.311. The van der Waals surface area contributed by atoms with E-state index in [-0.39, 0.29) is 18.3 Å². The molecule has 1 saturated carbocycles. The highest BCUT2D eigenvalue weighted by Crippen LogP contribution is 2.36. The minimum Gasteiger partial charge on any atom is -0.504 e. The Bertz CT molecular complexity index is 471. The number of nitrogens with zero attached hydrogens (tertiary/aromatic N) is 1. The van der Waals surface area contributed by atoms with Gasteiger partial charge in [-0.15, -0.1) is 0 Å². The number of aliphatic carboxylic acids is 1. The largest absolute Gasteiger partial charge is 0.504 e. The molecule has 0 amide bonds. The fraction of sp³-hybridized carbons (Fsp3) is 0.500. The number of carbonyl (C=O) groups is 1. The number of hydrogen-bond acceptors (Lipinski definition) is 4. The number of ether oxygens (including phenoxy) is 1. The van der Waals surface area contributed by atoms with Gasteiger partial charge in [-0.2, -0.15) is 0 Å². The van der Waals surface area contributed by atoms with Crippen molar-refractivity contribution >= 4 is 5.97 Å². The summed E-state index contributed by atoms with van der Waals surface area (Å²) in [6.07, 6.45) is 2.10. The molecule has 104 valence electrons. The van der Waals surface area contributed by atoms with Crippen molar-refractivity contribution in [2.24, 2.45) is 0 Å². The van der Waals surface area contributed by atoms with E-state index in [1.54, 1.807) is 18.2 Å². The maximum Gasteiger partial charge on any atom is 0.317 e. The minimum absolute atomic E-state index is 0.0156. The van der Waals surface area contributed by atoms with Crippen LogP contribution in [0.5, 0.6) is 11.5 Å². The molecule has 0 aromatic heterocycles. The van der Waals surface area contributed by atoms with E-state index < -0.39 is 5.97 Å². The quantitative estimate of drug-likeness (QED) is 0.823. The van der Waals surface area contributed by atoms with Crippen LogP contribution < -0.4 is 4.74 Å². The van der Waals surface area contributed by atoms with Crippen LogP contribution >= 0.6 is 0 Å². The molecule has 0 radical (unpaired) electrons. The summed E-state index contributed by atoms with van der Waals surface area (Å²) in [5, 5.41) is 18.6. The monoisotopic (exact) mass is 265 g/mol. The van der Waals surface area contributed by atoms with E-state index in [2.05, 4.69) is 0 Å². The van der Waals surface area contributed by atoms with Gasteiger partial charge in [0.25, 0.3) is 0 Å². The lowest BCUT2D eigenvalue weighted by molar-refractivity contribution is -0.139. The third-order valence-electron chi connectivity index (χ3n) is 3.52. The summed E-state index contributed by atoms with van der Waals surface area (Å²) < 4.78 is 5.09. The van der Waals surface area contributed by atoms with Crippen LogP contribution in [-0.2, 0) is 4.79 Å². The number of rotatable bonds is 6. The third kappa shape index (κ3) is 3.17. The molecule has 0 heterocycles. The molecule has 5 nitrogen and oxygen atoms in total. The Hall–Kier alpha value is -1.75. The van der Waals surface area contributed by atoms with Crippen molar-refractivity contribution in [3.05, 3.63) is 23.8 Å². The molecule has 1 atom stereocenters. The van der Waals surface area contributed by atoms with E-state index >= 15 is 0 Å². The zero-order valence-electron chi connectivity index (χ0n) is 11.2. The number of phenolic OH excluding ortho intramolecular Hbond substituents is 1. The second-order valence-electron chi connectivity index (χ2n) is 4.90. The Morgan fingerprint density at radius 2 is 2.21 bits per heavy atom. The molecule has 1 fully saturated rings. The van der Waals surface area contributed by atoms with Crippen molar-refractivity contribution in [2.75, 3.05) is 13.7 Å². The number of carboxylic acid groups (broad SMARTS) is 1. The topological polar surface area (TPSA) is 70.0 Å². The molecule has 1 aromatic carbocycles. The van der Waals surface area contributed by atoms with Crippen molar-refractivity contribution in [1.29, 1.82) is 0 Å². The lowest BCUT2D eigenvalue weighted by atomic mass is 10.1. The lowest BCUT2D eigenvalue weighted by Crippen LogP contribution is -2.34. The first-order chi connectivity index (χ1) is 9.02. The summed E-state index contributed by atoms with van der Waals surface area (Å²) in [6.45, 7) is 2.02. The van der Waals surface area contributed by atoms with Gasteiger partial charge in [0.2, 0.25) is 0 Å². The third-order valence-corrected chi connectivity index (χ3v) is 3.52. The number of phenols is 1. The summed E-state index contributed by atoms with van der Waals surface area (Å²) in [4.78, 5) is 12.9. The summed E-state index contributed by atoms with van der Waals surface area (Å²) in [5.41, 5.74) is 0.947. The van der Waals surface area contributed by atoms with Crippen molar-refractivity contribution in [3.63, 3.8) is 0 Å². The summed E-state index contributed by atoms with van der Waals surface area (Å²) in [7, 11) is 1.50. The van der Waals surface area contributed by atoms with Crippen molar-refractivity contribution < 1.29 is 19.7 Å². The van der Waals surface area contributed by atoms with Gasteiger partial charge in [0.1, 0.15) is 0 Å². The van der Waals surface area contributed by atoms with E-state index in [1.165, 1.54) is 7.11 Å². The maximum absolute atomic E-state index is 10.9. The van der Waals surface area contributed by atoms with Crippen LogP contribution in [0, 0.1) is 0 Å². The molecule has 1 unspecified atom stereocenters. The van der Waals surface area contributed by atoms with Gasteiger partial charge in [-0.3, -0.25) is 9.69 Å². The lowest BCUT2D eigenvalue weighted by Gasteiger charge is -2.28. The Balaban J connectivity index is 2.20. The van der Waals surface area contributed by atoms with Gasteiger partial charge in [-0.1, -0.05) is 6.07 Å². The summed E-state index contributed by atoms with van der Waals surface area (Å²) >= 11 is 0. The van der Waals surface area contributed by atoms with Gasteiger partial charge in [-0.05, 0) is 37.5 Å². The second kappa shape index (κ2) is 5.48. The number of hydrogen-bond donors (Lipinski definition) is 2. The van der Waals surface area contributed by atoms with E-state index in [0.29, 0.717) is 11.8 Å². The number of methoxy groups -OCH3 is 1. The molecule has 0 aliphatic heterocycles. The van der Waals surface area contributed by atoms with Gasteiger partial charge in [0.15, 0.2) is 11.5 Å². The zero-order valence-corrected chi connectivity index (χ0v) is 11.2. The van der Waals surface area contributed by atoms with Gasteiger partial charge < -0.3 is 14.9 Å². The molecular formula is C14H19NO4. The highest BCUT2D eigenvalue weighted by molar-refractivity contribution is 5.69. The molecule has 5 heteroatoms. The smallest absolute Gasteiger partial charge is 0.317 e. The molecule has 0 spiro atoms. The minimum atomic E-state index is -0.815. The van der Waals surface area contributed by atoms with Crippen LogP contribution in [0.25, 0.3) is 0 Å². The van der Waals surface area contributed by atoms with Crippen LogP contribution in [-0.4, -0.2) is 40.8 Å². The Morgan fingerprint density at radius 1 is 1.53 bits per heavy atom. The molecular weight excluding hydrogens is 246 g/mol. The predicted molar refractivity (Wildman–Crippen MR) is 70.4 cm³/mol. The fourth-order valence-electron chi connectivity index (χ4n) is 2.29. The van der Waals surface area contributed by atoms with Crippen LogP contribution in [0.4, 0.5) is 0 Å². The van der Waals surface area contributed by atoms with E-state index in [1.807, 2.05) is 11.8 Å². The molecule has 1 aliphatic carbocycles. The highest BCUT2D eigenvalue weighted by atomic mass is 16.5. The number of aromatic hydroxyl groups is 1. The SMILES string of the molecule is COc1cc(C(C)N(CC(=O)O)C2CC2)ccc1O. The Kier molecular flexibility index (Phi) is 3.95. The van der Waals surface area contributed by atoms with Gasteiger partial charge in [0, 0.05) is 12.1 Å². The van der Waals surface area contributed by atoms with Gasteiger partial charge >= 0.3 is 5.97 Å². The molecule has 1 aromatic rings. The summed E-state index contributed by atoms with van der Waals surface area (Å²) in [6, 6.07) is 5.48.